The van der Waals surface area contributed by atoms with Gasteiger partial charge < -0.3 is 25.8 Å². The van der Waals surface area contributed by atoms with Crippen LogP contribution < -0.4 is 5.73 Å². The van der Waals surface area contributed by atoms with Gasteiger partial charge in [-0.2, -0.15) is 0 Å². The maximum absolute atomic E-state index is 13.7. The van der Waals surface area contributed by atoms with Gasteiger partial charge in [0.2, 0.25) is 5.91 Å². The number of aliphatic hydroxyl groups excluding tert-OH is 1. The fourth-order valence-electron chi connectivity index (χ4n) is 5.86. The molecular formula is C23H24N2O10. The maximum Gasteiger partial charge on any atom is 0.341 e. The largest absolute Gasteiger partial charge is 0.506 e. The van der Waals surface area contributed by atoms with Crippen molar-refractivity contribution in [2.75, 3.05) is 21.2 Å². The third-order valence-corrected chi connectivity index (χ3v) is 7.42. The highest BCUT2D eigenvalue weighted by atomic mass is 16.5. The predicted molar refractivity (Wildman–Crippen MR) is 114 cm³/mol. The number of aliphatic hydroxyl groups is 2. The monoisotopic (exact) mass is 488 g/mol. The number of amides is 1. The molecule has 12 heteroatoms. The number of likely N-dealkylation sites (N-methyl/N-ethyl adjacent to an activating group) is 1. The Morgan fingerprint density at radius 1 is 1.14 bits per heavy atom. The molecule has 1 aromatic rings. The first kappa shape index (κ1) is 24.6. The number of benzene rings is 1. The number of aromatic hydroxyl groups is 1. The Hall–Kier alpha value is -3.48. The highest BCUT2D eigenvalue weighted by Crippen LogP contribution is 2.51. The van der Waals surface area contributed by atoms with E-state index in [9.17, 15) is 44.1 Å². The molecule has 3 aliphatic carbocycles. The molecule has 2 fully saturated rings. The molecule has 35 heavy (non-hydrogen) atoms. The van der Waals surface area contributed by atoms with Crippen LogP contribution >= 0.6 is 0 Å². The van der Waals surface area contributed by atoms with Crippen LogP contribution in [0.4, 0.5) is 0 Å². The lowest BCUT2D eigenvalue weighted by Gasteiger charge is -2.54. The van der Waals surface area contributed by atoms with Crippen LogP contribution in [0.2, 0.25) is 0 Å². The van der Waals surface area contributed by atoms with E-state index in [1.54, 1.807) is 0 Å². The van der Waals surface area contributed by atoms with Gasteiger partial charge in [0.25, 0.3) is 0 Å². The third kappa shape index (κ3) is 3.10. The summed E-state index contributed by atoms with van der Waals surface area (Å²) in [5.41, 5.74) is 1.70. The number of rotatable bonds is 3. The average Bonchev–Trinajstić information content (AvgIpc) is 2.78. The van der Waals surface area contributed by atoms with E-state index in [1.165, 1.54) is 31.1 Å². The van der Waals surface area contributed by atoms with Gasteiger partial charge in [-0.3, -0.25) is 28.9 Å². The van der Waals surface area contributed by atoms with Crippen molar-refractivity contribution in [3.63, 3.8) is 0 Å². The molecule has 0 radical (unpaired) electrons. The van der Waals surface area contributed by atoms with E-state index in [0.29, 0.717) is 0 Å². The first-order valence-corrected chi connectivity index (χ1v) is 10.8. The van der Waals surface area contributed by atoms with Crippen molar-refractivity contribution in [1.82, 2.24) is 4.90 Å². The molecule has 4 unspecified atom stereocenters. The summed E-state index contributed by atoms with van der Waals surface area (Å²) in [5.74, 6) is -14.6. The van der Waals surface area contributed by atoms with Crippen molar-refractivity contribution in [3.05, 3.63) is 28.8 Å². The number of nitrogens with zero attached hydrogens (tertiary/aromatic N) is 1. The Morgan fingerprint density at radius 3 is 2.31 bits per heavy atom. The maximum atomic E-state index is 13.7. The average molecular weight is 488 g/mol. The number of nitrogens with two attached hydrogens (primary N) is 1. The van der Waals surface area contributed by atoms with Crippen LogP contribution in [0.15, 0.2) is 12.1 Å². The summed E-state index contributed by atoms with van der Waals surface area (Å²) >= 11 is 0. The molecule has 2 saturated carbocycles. The van der Waals surface area contributed by atoms with Gasteiger partial charge in [-0.15, -0.1) is 0 Å². The molecule has 0 aromatic heterocycles. The van der Waals surface area contributed by atoms with Crippen molar-refractivity contribution in [2.24, 2.45) is 29.4 Å². The summed E-state index contributed by atoms with van der Waals surface area (Å²) < 4.78 is 4.59. The number of Topliss-reactive ketones (excluding diaryl/α,β-unsaturated/α-hetero) is 4. The van der Waals surface area contributed by atoms with Crippen LogP contribution in [-0.2, 0) is 30.3 Å². The van der Waals surface area contributed by atoms with Crippen LogP contribution in [0.25, 0.3) is 0 Å². The summed E-state index contributed by atoms with van der Waals surface area (Å²) in [4.78, 5) is 78.6. The summed E-state index contributed by atoms with van der Waals surface area (Å²) in [6.07, 6.45) is -1.83. The van der Waals surface area contributed by atoms with E-state index in [-0.39, 0.29) is 23.1 Å². The predicted octanol–water partition coefficient (Wildman–Crippen LogP) is -2.38. The Kier molecular flexibility index (Phi) is 5.66. The third-order valence-electron chi connectivity index (χ3n) is 7.42. The topological polar surface area (TPSA) is 202 Å². The second kappa shape index (κ2) is 8.04. The quantitative estimate of drug-likeness (QED) is 0.261. The fourth-order valence-corrected chi connectivity index (χ4v) is 5.86. The van der Waals surface area contributed by atoms with Gasteiger partial charge in [0.15, 0.2) is 34.7 Å². The number of phenols is 1. The summed E-state index contributed by atoms with van der Waals surface area (Å²) in [6.45, 7) is 0. The highest BCUT2D eigenvalue weighted by molar-refractivity contribution is 6.32. The summed E-state index contributed by atoms with van der Waals surface area (Å²) in [6, 6.07) is 1.17. The van der Waals surface area contributed by atoms with Crippen molar-refractivity contribution in [2.45, 2.75) is 24.2 Å². The smallest absolute Gasteiger partial charge is 0.341 e. The first-order chi connectivity index (χ1) is 16.3. The minimum atomic E-state index is -3.06. The Labute approximate surface area is 198 Å². The fraction of sp³-hybridized carbons (Fsp3) is 0.478. The van der Waals surface area contributed by atoms with Gasteiger partial charge in [0.05, 0.1) is 36.7 Å². The van der Waals surface area contributed by atoms with Gasteiger partial charge in [-0.25, -0.2) is 4.79 Å². The molecule has 1 aromatic carbocycles. The summed E-state index contributed by atoms with van der Waals surface area (Å²) in [7, 11) is 3.89. The number of methoxy groups -OCH3 is 1. The molecule has 0 spiro atoms. The Balaban J connectivity index is 1.91. The van der Waals surface area contributed by atoms with Crippen LogP contribution in [0, 0.1) is 23.7 Å². The minimum Gasteiger partial charge on any atom is -0.506 e. The Bertz CT molecular complexity index is 1210. The number of ether oxygens (including phenoxy) is 1. The van der Waals surface area contributed by atoms with Crippen LogP contribution in [0.5, 0.6) is 5.75 Å². The lowest BCUT2D eigenvalue weighted by molar-refractivity contribution is -0.195. The number of fused-ring (bicyclic) bond motifs is 3. The van der Waals surface area contributed by atoms with E-state index in [0.717, 1.165) is 7.11 Å². The number of carbonyl (C=O) groups is 6. The molecule has 0 heterocycles. The van der Waals surface area contributed by atoms with E-state index in [2.05, 4.69) is 4.74 Å². The van der Waals surface area contributed by atoms with Gasteiger partial charge in [-0.1, -0.05) is 6.07 Å². The zero-order valence-corrected chi connectivity index (χ0v) is 19.0. The second-order valence-electron chi connectivity index (χ2n) is 9.35. The lowest BCUT2D eigenvalue weighted by atomic mass is 9.51. The van der Waals surface area contributed by atoms with Crippen molar-refractivity contribution >= 4 is 35.0 Å². The van der Waals surface area contributed by atoms with E-state index >= 15 is 0 Å². The molecular weight excluding hydrogens is 464 g/mol. The second-order valence-corrected chi connectivity index (χ2v) is 9.35. The minimum absolute atomic E-state index is 0.137. The lowest BCUT2D eigenvalue weighted by Crippen LogP contribution is -2.77. The molecule has 7 atom stereocenters. The first-order valence-electron chi connectivity index (χ1n) is 10.8. The summed E-state index contributed by atoms with van der Waals surface area (Å²) in [5, 5.41) is 33.4. The van der Waals surface area contributed by atoms with Gasteiger partial charge in [0.1, 0.15) is 11.3 Å². The van der Waals surface area contributed by atoms with Crippen LogP contribution in [0.1, 0.15) is 26.3 Å². The highest BCUT2D eigenvalue weighted by Gasteiger charge is 2.72. The number of primary amides is 1. The normalized spacial score (nSPS) is 34.2. The number of carbonyl (C=O) groups excluding carboxylic acids is 6. The van der Waals surface area contributed by atoms with Gasteiger partial charge in [0, 0.05) is 5.92 Å². The molecule has 5 N–H and O–H groups in total. The molecule has 1 amide bonds. The van der Waals surface area contributed by atoms with Crippen molar-refractivity contribution in [1.29, 1.82) is 0 Å². The molecule has 3 aliphatic rings. The number of esters is 1. The van der Waals surface area contributed by atoms with Crippen molar-refractivity contribution < 1.29 is 48.8 Å². The number of hydrogen-bond acceptors (Lipinski definition) is 11. The molecule has 0 saturated heterocycles. The standard InChI is InChI=1S/C23H24N2O10/c1-25(2)14-13-16(27)9-6-7-4-5-8(22(33)35-3)15(26)10(7)17(28)11(9)19(30)23(13,34)20(31)12(18(14)29)21(24)32/h4-5,9,11-14,16,26-27,34H,6H2,1-3H3,(H2,24,32)/t9?,11?,12?,13?,14-,16-,23-/m0/s1. The molecule has 4 rings (SSSR count). The SMILES string of the molecule is COC(=O)c1ccc2c(c1O)C(=O)C1C(=O)[C@]3(O)C(=O)C(C(N)=O)C(=O)[C@@H](N(C)C)C3[C@@H](O)C1C2. The van der Waals surface area contributed by atoms with E-state index in [1.807, 2.05) is 0 Å². The van der Waals surface area contributed by atoms with E-state index in [4.69, 9.17) is 5.73 Å². The molecule has 0 bridgehead atoms. The van der Waals surface area contributed by atoms with Crippen LogP contribution in [0.3, 0.4) is 0 Å². The number of phenolic OH excluding ortho intramolecular Hbond substituents is 1. The molecule has 186 valence electrons. The zero-order valence-electron chi connectivity index (χ0n) is 19.0. The molecule has 0 aliphatic heterocycles. The van der Waals surface area contributed by atoms with E-state index < -0.39 is 82.2 Å². The Morgan fingerprint density at radius 2 is 1.77 bits per heavy atom. The van der Waals surface area contributed by atoms with Gasteiger partial charge >= 0.3 is 5.97 Å². The number of ketones is 4. The molecule has 12 nitrogen and oxygen atoms in total. The van der Waals surface area contributed by atoms with Crippen molar-refractivity contribution in [3.8, 4) is 5.75 Å². The van der Waals surface area contributed by atoms with Crippen LogP contribution in [-0.4, -0.2) is 94.2 Å². The number of hydrogen-bond donors (Lipinski definition) is 4. The van der Waals surface area contributed by atoms with Gasteiger partial charge in [-0.05, 0) is 32.1 Å². The zero-order chi connectivity index (χ0) is 26.1.